The van der Waals surface area contributed by atoms with Gasteiger partial charge < -0.3 is 11.1 Å². The van der Waals surface area contributed by atoms with Crippen molar-refractivity contribution >= 4 is 5.71 Å². The molecule has 1 unspecified atom stereocenters. The summed E-state index contributed by atoms with van der Waals surface area (Å²) in [5, 5.41) is 7.61. The van der Waals surface area contributed by atoms with Crippen molar-refractivity contribution in [3.05, 3.63) is 0 Å². The van der Waals surface area contributed by atoms with Crippen molar-refractivity contribution in [1.29, 1.82) is 5.41 Å². The van der Waals surface area contributed by atoms with E-state index in [-0.39, 0.29) is 0 Å². The summed E-state index contributed by atoms with van der Waals surface area (Å²) in [6.45, 7) is 6.99. The van der Waals surface area contributed by atoms with Gasteiger partial charge in [0.15, 0.2) is 0 Å². The van der Waals surface area contributed by atoms with Crippen molar-refractivity contribution in [2.24, 2.45) is 17.6 Å². The number of nitrogens with two attached hydrogens (primary N) is 1. The van der Waals surface area contributed by atoms with Crippen molar-refractivity contribution in [3.63, 3.8) is 0 Å². The summed E-state index contributed by atoms with van der Waals surface area (Å²) >= 11 is 0. The molecule has 0 saturated heterocycles. The van der Waals surface area contributed by atoms with Crippen LogP contribution < -0.4 is 5.73 Å². The quantitative estimate of drug-likeness (QED) is 0.588. The second-order valence-electron chi connectivity index (χ2n) is 3.44. The molecule has 0 aliphatic carbocycles. The third kappa shape index (κ3) is 4.14. The number of hydrogen-bond acceptors (Lipinski definition) is 2. The molecule has 0 saturated carbocycles. The van der Waals surface area contributed by atoms with Crippen LogP contribution in [0, 0.1) is 17.2 Å². The van der Waals surface area contributed by atoms with Gasteiger partial charge in [-0.1, -0.05) is 20.8 Å². The van der Waals surface area contributed by atoms with E-state index >= 15 is 0 Å². The molecule has 0 aromatic rings. The molecule has 0 aromatic carbocycles. The second-order valence-corrected chi connectivity index (χ2v) is 3.44. The van der Waals surface area contributed by atoms with E-state index in [9.17, 15) is 0 Å². The van der Waals surface area contributed by atoms with Crippen molar-refractivity contribution in [2.45, 2.75) is 33.6 Å². The summed E-state index contributed by atoms with van der Waals surface area (Å²) in [5.74, 6) is 0.968. The average Bonchev–Trinajstić information content (AvgIpc) is 1.98. The smallest absolute Gasteiger partial charge is 0.0130 e. The summed E-state index contributed by atoms with van der Waals surface area (Å²) < 4.78 is 0. The Morgan fingerprint density at radius 2 is 2.00 bits per heavy atom. The Hall–Kier alpha value is -0.370. The molecule has 0 aliphatic rings. The Balaban J connectivity index is 3.84. The lowest BCUT2D eigenvalue weighted by Crippen LogP contribution is -2.24. The molecule has 2 nitrogen and oxygen atoms in total. The highest BCUT2D eigenvalue weighted by atomic mass is 14.6. The zero-order valence-corrected chi connectivity index (χ0v) is 7.85. The van der Waals surface area contributed by atoms with Crippen molar-refractivity contribution < 1.29 is 0 Å². The first-order valence-electron chi connectivity index (χ1n) is 4.39. The van der Waals surface area contributed by atoms with Gasteiger partial charge in [-0.3, -0.25) is 0 Å². The van der Waals surface area contributed by atoms with Crippen LogP contribution in [0.4, 0.5) is 0 Å². The fraction of sp³-hybridized carbons (Fsp3) is 0.889. The van der Waals surface area contributed by atoms with Crippen LogP contribution in [0.3, 0.4) is 0 Å². The van der Waals surface area contributed by atoms with Gasteiger partial charge in [0, 0.05) is 18.2 Å². The lowest BCUT2D eigenvalue weighted by molar-refractivity contribution is 0.496. The Bertz CT molecular complexity index is 119. The molecule has 0 heterocycles. The van der Waals surface area contributed by atoms with Gasteiger partial charge in [0.25, 0.3) is 0 Å². The number of hydrogen-bond donors (Lipinski definition) is 2. The third-order valence-corrected chi connectivity index (χ3v) is 1.91. The molecular weight excluding hydrogens is 136 g/mol. The summed E-state index contributed by atoms with van der Waals surface area (Å²) in [4.78, 5) is 0. The minimum absolute atomic E-state index is 0.319. The standard InChI is InChI=1S/C9H20N2/c1-4-9(11)8(6-10)5-7(2)3/h7-8,11H,4-6,10H2,1-3H3. The second kappa shape index (κ2) is 5.30. The van der Waals surface area contributed by atoms with Crippen LogP contribution in [-0.4, -0.2) is 12.3 Å². The van der Waals surface area contributed by atoms with Gasteiger partial charge in [-0.15, -0.1) is 0 Å². The van der Waals surface area contributed by atoms with Crippen LogP contribution >= 0.6 is 0 Å². The first kappa shape index (κ1) is 10.6. The number of nitrogens with one attached hydrogen (secondary N) is 1. The molecular formula is C9H20N2. The summed E-state index contributed by atoms with van der Waals surface area (Å²) in [5.41, 5.74) is 6.36. The van der Waals surface area contributed by atoms with E-state index in [4.69, 9.17) is 11.1 Å². The SMILES string of the molecule is CCC(=N)C(CN)CC(C)C. The van der Waals surface area contributed by atoms with E-state index in [0.717, 1.165) is 18.6 Å². The summed E-state index contributed by atoms with van der Waals surface area (Å²) in [6, 6.07) is 0. The fourth-order valence-electron chi connectivity index (χ4n) is 1.24. The summed E-state index contributed by atoms with van der Waals surface area (Å²) in [6.07, 6.45) is 1.90. The highest BCUT2D eigenvalue weighted by molar-refractivity contribution is 5.83. The maximum absolute atomic E-state index is 7.61. The van der Waals surface area contributed by atoms with Crippen molar-refractivity contribution in [1.82, 2.24) is 0 Å². The molecule has 0 spiro atoms. The molecule has 0 fully saturated rings. The molecule has 0 aliphatic heterocycles. The van der Waals surface area contributed by atoms with E-state index in [1.807, 2.05) is 6.92 Å². The van der Waals surface area contributed by atoms with Gasteiger partial charge in [-0.2, -0.15) is 0 Å². The van der Waals surface area contributed by atoms with Crippen molar-refractivity contribution in [3.8, 4) is 0 Å². The number of rotatable bonds is 5. The van der Waals surface area contributed by atoms with E-state index in [2.05, 4.69) is 13.8 Å². The molecule has 0 rings (SSSR count). The molecule has 66 valence electrons. The molecule has 0 amide bonds. The van der Waals surface area contributed by atoms with Crippen LogP contribution in [0.15, 0.2) is 0 Å². The molecule has 11 heavy (non-hydrogen) atoms. The zero-order valence-electron chi connectivity index (χ0n) is 7.85. The van der Waals surface area contributed by atoms with E-state index < -0.39 is 0 Å². The maximum Gasteiger partial charge on any atom is 0.0130 e. The Morgan fingerprint density at radius 3 is 2.27 bits per heavy atom. The minimum Gasteiger partial charge on any atom is -0.330 e. The average molecular weight is 156 g/mol. The molecule has 0 aromatic heterocycles. The largest absolute Gasteiger partial charge is 0.330 e. The lowest BCUT2D eigenvalue weighted by Gasteiger charge is -2.16. The van der Waals surface area contributed by atoms with Crippen LogP contribution in [0.1, 0.15) is 33.6 Å². The first-order chi connectivity index (χ1) is 5.11. The van der Waals surface area contributed by atoms with Gasteiger partial charge in [0.2, 0.25) is 0 Å². The van der Waals surface area contributed by atoms with Crippen molar-refractivity contribution in [2.75, 3.05) is 6.54 Å². The van der Waals surface area contributed by atoms with Crippen LogP contribution in [0.2, 0.25) is 0 Å². The topological polar surface area (TPSA) is 49.9 Å². The van der Waals surface area contributed by atoms with Crippen LogP contribution in [0.25, 0.3) is 0 Å². The molecule has 2 heteroatoms. The molecule has 1 atom stereocenters. The van der Waals surface area contributed by atoms with Crippen LogP contribution in [0.5, 0.6) is 0 Å². The maximum atomic E-state index is 7.61. The predicted octanol–water partition coefficient (Wildman–Crippen LogP) is 2.04. The monoisotopic (exact) mass is 156 g/mol. The Kier molecular flexibility index (Phi) is 5.12. The fourth-order valence-corrected chi connectivity index (χ4v) is 1.24. The zero-order chi connectivity index (χ0) is 8.85. The van der Waals surface area contributed by atoms with E-state index in [1.54, 1.807) is 0 Å². The van der Waals surface area contributed by atoms with Gasteiger partial charge >= 0.3 is 0 Å². The van der Waals surface area contributed by atoms with E-state index in [1.165, 1.54) is 0 Å². The highest BCUT2D eigenvalue weighted by Gasteiger charge is 2.12. The predicted molar refractivity (Wildman–Crippen MR) is 50.0 cm³/mol. The lowest BCUT2D eigenvalue weighted by atomic mass is 9.92. The normalized spacial score (nSPS) is 13.5. The highest BCUT2D eigenvalue weighted by Crippen LogP contribution is 2.12. The first-order valence-corrected chi connectivity index (χ1v) is 4.39. The van der Waals surface area contributed by atoms with Gasteiger partial charge in [-0.25, -0.2) is 0 Å². The van der Waals surface area contributed by atoms with Gasteiger partial charge in [0.1, 0.15) is 0 Å². The summed E-state index contributed by atoms with van der Waals surface area (Å²) in [7, 11) is 0. The van der Waals surface area contributed by atoms with Gasteiger partial charge in [-0.05, 0) is 18.8 Å². The minimum atomic E-state index is 0.319. The molecule has 0 radical (unpaired) electrons. The molecule has 3 N–H and O–H groups in total. The van der Waals surface area contributed by atoms with Gasteiger partial charge in [0.05, 0.1) is 0 Å². The Morgan fingerprint density at radius 1 is 1.45 bits per heavy atom. The molecule has 0 bridgehead atoms. The van der Waals surface area contributed by atoms with E-state index in [0.29, 0.717) is 18.4 Å². The van der Waals surface area contributed by atoms with Crippen LogP contribution in [-0.2, 0) is 0 Å². The third-order valence-electron chi connectivity index (χ3n) is 1.91. The Labute approximate surface area is 69.7 Å².